The number of nitrogens with one attached hydrogen (secondary N) is 1. The quantitative estimate of drug-likeness (QED) is 0.576. The van der Waals surface area contributed by atoms with Gasteiger partial charge in [-0.25, -0.2) is 0 Å². The standard InChI is InChI=1S/C16H29NO/c1-2-9-17-12-16(11-14-8-10-18-13-14)15-6-4-3-5-7-15/h11,14-15,17H,2-10,12-13H2,1H3/b16-11-. The van der Waals surface area contributed by atoms with Crippen molar-refractivity contribution in [1.82, 2.24) is 5.32 Å². The molecule has 2 rings (SSSR count). The van der Waals surface area contributed by atoms with Gasteiger partial charge in [-0.05, 0) is 38.1 Å². The predicted molar refractivity (Wildman–Crippen MR) is 76.7 cm³/mol. The van der Waals surface area contributed by atoms with E-state index >= 15 is 0 Å². The van der Waals surface area contributed by atoms with Gasteiger partial charge in [0.05, 0.1) is 6.61 Å². The molecule has 0 radical (unpaired) electrons. The summed E-state index contributed by atoms with van der Waals surface area (Å²) in [6, 6.07) is 0. The van der Waals surface area contributed by atoms with Crippen LogP contribution in [0.2, 0.25) is 0 Å². The summed E-state index contributed by atoms with van der Waals surface area (Å²) in [5.74, 6) is 1.54. The fraction of sp³-hybridized carbons (Fsp3) is 0.875. The topological polar surface area (TPSA) is 21.3 Å². The molecule has 2 nitrogen and oxygen atoms in total. The molecule has 0 aromatic heterocycles. The van der Waals surface area contributed by atoms with E-state index < -0.39 is 0 Å². The maximum atomic E-state index is 5.51. The highest BCUT2D eigenvalue weighted by Crippen LogP contribution is 2.31. The van der Waals surface area contributed by atoms with Crippen molar-refractivity contribution in [2.24, 2.45) is 11.8 Å². The molecule has 0 amide bonds. The molecule has 18 heavy (non-hydrogen) atoms. The molecule has 2 heteroatoms. The first-order valence-electron chi connectivity index (χ1n) is 7.89. The second-order valence-corrected chi connectivity index (χ2v) is 5.88. The molecule has 0 aromatic carbocycles. The first-order valence-corrected chi connectivity index (χ1v) is 7.89. The van der Waals surface area contributed by atoms with Gasteiger partial charge in [-0.2, -0.15) is 0 Å². The van der Waals surface area contributed by atoms with Crippen molar-refractivity contribution in [2.45, 2.75) is 51.9 Å². The Morgan fingerprint density at radius 2 is 2.06 bits per heavy atom. The summed E-state index contributed by atoms with van der Waals surface area (Å²) in [5.41, 5.74) is 1.68. The van der Waals surface area contributed by atoms with Gasteiger partial charge in [-0.3, -0.25) is 0 Å². The third kappa shape index (κ3) is 4.40. The smallest absolute Gasteiger partial charge is 0.0529 e. The molecule has 1 heterocycles. The van der Waals surface area contributed by atoms with Crippen LogP contribution in [0.3, 0.4) is 0 Å². The van der Waals surface area contributed by atoms with Crippen molar-refractivity contribution in [1.29, 1.82) is 0 Å². The highest BCUT2D eigenvalue weighted by molar-refractivity contribution is 5.12. The van der Waals surface area contributed by atoms with Gasteiger partial charge in [0, 0.05) is 19.1 Å². The minimum Gasteiger partial charge on any atom is -0.381 e. The Hall–Kier alpha value is -0.340. The molecule has 0 bridgehead atoms. The molecule has 1 saturated carbocycles. The van der Waals surface area contributed by atoms with Crippen LogP contribution in [-0.2, 0) is 4.74 Å². The van der Waals surface area contributed by atoms with Gasteiger partial charge in [0.25, 0.3) is 0 Å². The molecule has 1 atom stereocenters. The number of hydrogen-bond donors (Lipinski definition) is 1. The second kappa shape index (κ2) is 7.96. The SMILES string of the molecule is CCCNC/C(=C/C1CCOC1)C1CCCCC1. The molecule has 1 unspecified atom stereocenters. The Labute approximate surface area is 112 Å². The third-order valence-electron chi connectivity index (χ3n) is 4.30. The lowest BCUT2D eigenvalue weighted by molar-refractivity contribution is 0.191. The summed E-state index contributed by atoms with van der Waals surface area (Å²) in [5, 5.41) is 3.60. The molecular weight excluding hydrogens is 222 g/mol. The number of rotatable bonds is 6. The monoisotopic (exact) mass is 251 g/mol. The maximum Gasteiger partial charge on any atom is 0.0529 e. The minimum absolute atomic E-state index is 0.686. The fourth-order valence-electron chi connectivity index (χ4n) is 3.21. The zero-order valence-corrected chi connectivity index (χ0v) is 11.9. The summed E-state index contributed by atoms with van der Waals surface area (Å²) in [7, 11) is 0. The normalized spacial score (nSPS) is 26.7. The summed E-state index contributed by atoms with van der Waals surface area (Å²) in [6.45, 7) is 6.40. The van der Waals surface area contributed by atoms with Gasteiger partial charge in [0.1, 0.15) is 0 Å². The lowest BCUT2D eigenvalue weighted by atomic mass is 9.82. The Morgan fingerprint density at radius 3 is 2.72 bits per heavy atom. The Bertz CT molecular complexity index is 250. The van der Waals surface area contributed by atoms with E-state index in [1.165, 1.54) is 44.9 Å². The van der Waals surface area contributed by atoms with Crippen molar-refractivity contribution < 1.29 is 4.74 Å². The fourth-order valence-corrected chi connectivity index (χ4v) is 3.21. The van der Waals surface area contributed by atoms with Crippen LogP contribution in [0.15, 0.2) is 11.6 Å². The van der Waals surface area contributed by atoms with Gasteiger partial charge < -0.3 is 10.1 Å². The number of hydrogen-bond acceptors (Lipinski definition) is 2. The van der Waals surface area contributed by atoms with E-state index in [4.69, 9.17) is 4.74 Å². The Balaban J connectivity index is 1.91. The van der Waals surface area contributed by atoms with E-state index in [1.54, 1.807) is 5.57 Å². The average Bonchev–Trinajstić information content (AvgIpc) is 2.92. The zero-order valence-electron chi connectivity index (χ0n) is 11.9. The van der Waals surface area contributed by atoms with E-state index in [2.05, 4.69) is 18.3 Å². The zero-order chi connectivity index (χ0) is 12.6. The summed E-state index contributed by atoms with van der Waals surface area (Å²) in [6.07, 6.45) is 12.1. The minimum atomic E-state index is 0.686. The van der Waals surface area contributed by atoms with Crippen molar-refractivity contribution in [2.75, 3.05) is 26.3 Å². The molecule has 0 spiro atoms. The molecular formula is C16H29NO. The van der Waals surface area contributed by atoms with Crippen LogP contribution in [-0.4, -0.2) is 26.3 Å². The lowest BCUT2D eigenvalue weighted by Gasteiger charge is -2.26. The van der Waals surface area contributed by atoms with E-state index in [0.29, 0.717) is 5.92 Å². The highest BCUT2D eigenvalue weighted by atomic mass is 16.5. The van der Waals surface area contributed by atoms with Crippen LogP contribution in [0.4, 0.5) is 0 Å². The van der Waals surface area contributed by atoms with Crippen LogP contribution in [0, 0.1) is 11.8 Å². The summed E-state index contributed by atoms with van der Waals surface area (Å²) < 4.78 is 5.51. The van der Waals surface area contributed by atoms with E-state index in [1.807, 2.05) is 0 Å². The maximum absolute atomic E-state index is 5.51. The van der Waals surface area contributed by atoms with Gasteiger partial charge in [-0.15, -0.1) is 0 Å². The first kappa shape index (κ1) is 14.1. The van der Waals surface area contributed by atoms with Crippen molar-refractivity contribution in [3.8, 4) is 0 Å². The van der Waals surface area contributed by atoms with Crippen LogP contribution < -0.4 is 5.32 Å². The Morgan fingerprint density at radius 1 is 1.22 bits per heavy atom. The van der Waals surface area contributed by atoms with Crippen LogP contribution >= 0.6 is 0 Å². The second-order valence-electron chi connectivity index (χ2n) is 5.88. The molecule has 0 aromatic rings. The first-order chi connectivity index (χ1) is 8.90. The molecule has 2 aliphatic rings. The van der Waals surface area contributed by atoms with Crippen molar-refractivity contribution in [3.63, 3.8) is 0 Å². The van der Waals surface area contributed by atoms with E-state index in [9.17, 15) is 0 Å². The molecule has 2 fully saturated rings. The van der Waals surface area contributed by atoms with Crippen molar-refractivity contribution in [3.05, 3.63) is 11.6 Å². The highest BCUT2D eigenvalue weighted by Gasteiger charge is 2.20. The van der Waals surface area contributed by atoms with Crippen molar-refractivity contribution >= 4 is 0 Å². The molecule has 1 aliphatic heterocycles. The van der Waals surface area contributed by atoms with Gasteiger partial charge in [0.15, 0.2) is 0 Å². The predicted octanol–water partition coefficient (Wildman–Crippen LogP) is 3.53. The molecule has 1 N–H and O–H groups in total. The summed E-state index contributed by atoms with van der Waals surface area (Å²) >= 11 is 0. The van der Waals surface area contributed by atoms with Crippen LogP contribution in [0.1, 0.15) is 51.9 Å². The van der Waals surface area contributed by atoms with Gasteiger partial charge in [0.2, 0.25) is 0 Å². The molecule has 1 saturated heterocycles. The van der Waals surface area contributed by atoms with Crippen LogP contribution in [0.5, 0.6) is 0 Å². The largest absolute Gasteiger partial charge is 0.381 e. The molecule has 104 valence electrons. The Kier molecular flexibility index (Phi) is 6.22. The number of ether oxygens (including phenoxy) is 1. The van der Waals surface area contributed by atoms with Crippen LogP contribution in [0.25, 0.3) is 0 Å². The molecule has 1 aliphatic carbocycles. The van der Waals surface area contributed by atoms with Gasteiger partial charge in [-0.1, -0.05) is 37.8 Å². The third-order valence-corrected chi connectivity index (χ3v) is 4.30. The average molecular weight is 251 g/mol. The van der Waals surface area contributed by atoms with Gasteiger partial charge >= 0.3 is 0 Å². The summed E-state index contributed by atoms with van der Waals surface area (Å²) in [4.78, 5) is 0. The van der Waals surface area contributed by atoms with E-state index in [-0.39, 0.29) is 0 Å². The van der Waals surface area contributed by atoms with E-state index in [0.717, 1.165) is 32.2 Å². The lowest BCUT2D eigenvalue weighted by Crippen LogP contribution is -2.23.